The molecule has 0 aromatic carbocycles. The van der Waals surface area contributed by atoms with Crippen LogP contribution in [0.1, 0.15) is 45.4 Å². The Morgan fingerprint density at radius 1 is 1.17 bits per heavy atom. The monoisotopic (exact) mass is 261 g/mol. The van der Waals surface area contributed by atoms with Gasteiger partial charge in [0.1, 0.15) is 0 Å². The zero-order valence-electron chi connectivity index (χ0n) is 11.9. The van der Waals surface area contributed by atoms with E-state index in [4.69, 9.17) is 9.47 Å². The molecule has 0 atom stereocenters. The first-order chi connectivity index (χ1) is 8.76. The average Bonchev–Trinajstić information content (AvgIpc) is 2.43. The predicted molar refractivity (Wildman–Crippen MR) is 71.5 cm³/mol. The Hall–Kier alpha value is -0.190. The second-order valence-electron chi connectivity index (χ2n) is 5.00. The van der Waals surface area contributed by atoms with E-state index in [1.807, 2.05) is 0 Å². The zero-order valence-corrected chi connectivity index (χ0v) is 11.9. The highest BCUT2D eigenvalue weighted by Crippen LogP contribution is 2.31. The molecule has 0 aromatic rings. The second kappa shape index (κ2) is 8.83. The first kappa shape index (κ1) is 15.9. The molecule has 0 aromatic heterocycles. The molecule has 0 heterocycles. The third-order valence-electron chi connectivity index (χ3n) is 3.82. The van der Waals surface area contributed by atoms with Gasteiger partial charge in [-0.05, 0) is 25.8 Å². The Balaban J connectivity index is 2.24. The lowest BCUT2D eigenvalue weighted by Gasteiger charge is -2.36. The van der Waals surface area contributed by atoms with Crippen molar-refractivity contribution in [2.24, 2.45) is 0 Å². The fourth-order valence-corrected chi connectivity index (χ4v) is 2.57. The molecule has 108 valence electrons. The van der Waals surface area contributed by atoms with Crippen molar-refractivity contribution in [1.82, 2.24) is 4.90 Å². The van der Waals surface area contributed by atoms with Gasteiger partial charge in [0, 0.05) is 33.0 Å². The molecule has 0 bridgehead atoms. The maximum atomic E-state index is 12.1. The first-order valence-corrected chi connectivity index (χ1v) is 7.24. The highest BCUT2D eigenvalue weighted by atomic mass is 19.1. The van der Waals surface area contributed by atoms with Crippen LogP contribution in [0.3, 0.4) is 0 Å². The number of halogens is 1. The minimum absolute atomic E-state index is 0.237. The third-order valence-corrected chi connectivity index (χ3v) is 3.82. The molecular weight excluding hydrogens is 233 g/mol. The molecule has 0 amide bonds. The van der Waals surface area contributed by atoms with Gasteiger partial charge in [-0.3, -0.25) is 4.39 Å². The van der Waals surface area contributed by atoms with Crippen molar-refractivity contribution >= 4 is 0 Å². The van der Waals surface area contributed by atoms with Crippen LogP contribution in [0.25, 0.3) is 0 Å². The molecule has 1 aliphatic carbocycles. The van der Waals surface area contributed by atoms with Crippen LogP contribution in [-0.4, -0.2) is 50.7 Å². The van der Waals surface area contributed by atoms with E-state index in [-0.39, 0.29) is 12.5 Å². The van der Waals surface area contributed by atoms with Crippen LogP contribution < -0.4 is 0 Å². The summed E-state index contributed by atoms with van der Waals surface area (Å²) in [6.07, 6.45) is 6.27. The van der Waals surface area contributed by atoms with Crippen LogP contribution in [0, 0.1) is 0 Å². The van der Waals surface area contributed by atoms with Gasteiger partial charge in [-0.1, -0.05) is 13.3 Å². The van der Waals surface area contributed by atoms with Gasteiger partial charge in [0.25, 0.3) is 0 Å². The van der Waals surface area contributed by atoms with Crippen molar-refractivity contribution in [1.29, 1.82) is 0 Å². The highest BCUT2D eigenvalue weighted by Gasteiger charge is 2.32. The summed E-state index contributed by atoms with van der Waals surface area (Å²) in [5.41, 5.74) is 0. The number of rotatable bonds is 9. The summed E-state index contributed by atoms with van der Waals surface area (Å²) in [5.74, 6) is -0.349. The van der Waals surface area contributed by atoms with Crippen molar-refractivity contribution in [2.45, 2.75) is 51.2 Å². The number of nitrogens with zero attached hydrogens (tertiary/aromatic N) is 1. The summed E-state index contributed by atoms with van der Waals surface area (Å²) in [6.45, 7) is 5.17. The number of hydrogen-bond acceptors (Lipinski definition) is 3. The zero-order chi connectivity index (χ0) is 13.3. The van der Waals surface area contributed by atoms with E-state index >= 15 is 0 Å². The summed E-state index contributed by atoms with van der Waals surface area (Å²) in [5, 5.41) is 0. The average molecular weight is 261 g/mol. The van der Waals surface area contributed by atoms with Crippen LogP contribution in [0.4, 0.5) is 4.39 Å². The third kappa shape index (κ3) is 5.21. The van der Waals surface area contributed by atoms with E-state index in [0.29, 0.717) is 13.0 Å². The van der Waals surface area contributed by atoms with Crippen molar-refractivity contribution in [2.75, 3.05) is 40.0 Å². The largest absolute Gasteiger partial charge is 0.353 e. The van der Waals surface area contributed by atoms with Crippen molar-refractivity contribution < 1.29 is 13.9 Å². The normalized spacial score (nSPS) is 19.3. The Bertz CT molecular complexity index is 208. The van der Waals surface area contributed by atoms with Crippen LogP contribution >= 0.6 is 0 Å². The van der Waals surface area contributed by atoms with Crippen LogP contribution in [-0.2, 0) is 9.47 Å². The van der Waals surface area contributed by atoms with Crippen molar-refractivity contribution in [3.8, 4) is 0 Å². The van der Waals surface area contributed by atoms with E-state index in [2.05, 4.69) is 11.8 Å². The Kier molecular flexibility index (Phi) is 7.79. The molecule has 1 fully saturated rings. The second-order valence-corrected chi connectivity index (χ2v) is 5.00. The van der Waals surface area contributed by atoms with Gasteiger partial charge in [0.05, 0.1) is 13.3 Å². The molecule has 0 unspecified atom stereocenters. The lowest BCUT2D eigenvalue weighted by molar-refractivity contribution is -0.239. The lowest BCUT2D eigenvalue weighted by Crippen LogP contribution is -2.40. The molecule has 0 spiro atoms. The standard InChI is InChI=1S/C14H28FNO2/c1-3-16(11-7-10-15)12-13-18-14(17-2)8-5-4-6-9-14/h3-13H2,1-2H3. The van der Waals surface area contributed by atoms with E-state index in [1.165, 1.54) is 19.3 Å². The SMILES string of the molecule is CCN(CCCF)CCOC1(OC)CCCCC1. The highest BCUT2D eigenvalue weighted by molar-refractivity contribution is 4.75. The molecule has 0 radical (unpaired) electrons. The Labute approximate surface area is 111 Å². The summed E-state index contributed by atoms with van der Waals surface area (Å²) in [7, 11) is 1.74. The number of alkyl halides is 1. The molecule has 4 heteroatoms. The maximum Gasteiger partial charge on any atom is 0.167 e. The number of hydrogen-bond donors (Lipinski definition) is 0. The van der Waals surface area contributed by atoms with E-state index in [9.17, 15) is 4.39 Å². The van der Waals surface area contributed by atoms with Gasteiger partial charge in [-0.2, -0.15) is 0 Å². The van der Waals surface area contributed by atoms with Crippen LogP contribution in [0.15, 0.2) is 0 Å². The molecule has 1 saturated carbocycles. The molecule has 1 aliphatic rings. The summed E-state index contributed by atoms with van der Waals surface area (Å²) >= 11 is 0. The molecule has 18 heavy (non-hydrogen) atoms. The number of methoxy groups -OCH3 is 1. The Morgan fingerprint density at radius 2 is 1.89 bits per heavy atom. The maximum absolute atomic E-state index is 12.1. The molecule has 0 aliphatic heterocycles. The number of ether oxygens (including phenoxy) is 2. The van der Waals surface area contributed by atoms with E-state index < -0.39 is 0 Å². The topological polar surface area (TPSA) is 21.7 Å². The van der Waals surface area contributed by atoms with Crippen molar-refractivity contribution in [3.05, 3.63) is 0 Å². The van der Waals surface area contributed by atoms with Crippen LogP contribution in [0.5, 0.6) is 0 Å². The quantitative estimate of drug-likeness (QED) is 0.596. The van der Waals surface area contributed by atoms with Gasteiger partial charge >= 0.3 is 0 Å². The molecule has 0 N–H and O–H groups in total. The minimum atomic E-state index is -0.349. The molecule has 0 saturated heterocycles. The summed E-state index contributed by atoms with van der Waals surface area (Å²) < 4.78 is 23.7. The van der Waals surface area contributed by atoms with Gasteiger partial charge in [-0.15, -0.1) is 0 Å². The van der Waals surface area contributed by atoms with E-state index in [1.54, 1.807) is 7.11 Å². The van der Waals surface area contributed by atoms with Gasteiger partial charge in [0.2, 0.25) is 0 Å². The Morgan fingerprint density at radius 3 is 2.44 bits per heavy atom. The minimum Gasteiger partial charge on any atom is -0.353 e. The smallest absolute Gasteiger partial charge is 0.167 e. The fraction of sp³-hybridized carbons (Fsp3) is 1.00. The lowest BCUT2D eigenvalue weighted by atomic mass is 9.94. The summed E-state index contributed by atoms with van der Waals surface area (Å²) in [6, 6.07) is 0. The number of likely N-dealkylation sites (N-methyl/N-ethyl adjacent to an activating group) is 1. The summed E-state index contributed by atoms with van der Waals surface area (Å²) in [4.78, 5) is 2.23. The van der Waals surface area contributed by atoms with E-state index in [0.717, 1.165) is 32.5 Å². The molecular formula is C14H28FNO2. The van der Waals surface area contributed by atoms with Gasteiger partial charge in [0.15, 0.2) is 5.79 Å². The van der Waals surface area contributed by atoms with Gasteiger partial charge in [-0.25, -0.2) is 0 Å². The first-order valence-electron chi connectivity index (χ1n) is 7.24. The fourth-order valence-electron chi connectivity index (χ4n) is 2.57. The predicted octanol–water partition coefficient (Wildman–Crippen LogP) is 2.99. The van der Waals surface area contributed by atoms with Crippen molar-refractivity contribution in [3.63, 3.8) is 0 Å². The van der Waals surface area contributed by atoms with Crippen LogP contribution in [0.2, 0.25) is 0 Å². The van der Waals surface area contributed by atoms with Gasteiger partial charge < -0.3 is 14.4 Å². The molecule has 1 rings (SSSR count). The molecule has 3 nitrogen and oxygen atoms in total.